The fourth-order valence-electron chi connectivity index (χ4n) is 1.76. The molecule has 0 amide bonds. The van der Waals surface area contributed by atoms with Gasteiger partial charge in [0.15, 0.2) is 0 Å². The van der Waals surface area contributed by atoms with Gasteiger partial charge in [-0.2, -0.15) is 0 Å². The van der Waals surface area contributed by atoms with Crippen LogP contribution in [0.3, 0.4) is 0 Å². The molecule has 0 fully saturated rings. The Kier molecular flexibility index (Phi) is 7.20. The molecule has 86 valence electrons. The van der Waals surface area contributed by atoms with E-state index in [4.69, 9.17) is 10.5 Å². The number of ether oxygens (including phenoxy) is 1. The van der Waals surface area contributed by atoms with Crippen molar-refractivity contribution < 1.29 is 4.74 Å². The maximum absolute atomic E-state index is 5.85. The molecule has 0 rings (SSSR count). The highest BCUT2D eigenvalue weighted by atomic mass is 16.5. The number of nitrogens with two attached hydrogens (primary N) is 1. The zero-order valence-electron chi connectivity index (χ0n) is 10.4. The van der Waals surface area contributed by atoms with Crippen molar-refractivity contribution in [2.45, 2.75) is 72.1 Å². The van der Waals surface area contributed by atoms with Crippen LogP contribution in [0.5, 0.6) is 0 Å². The Hall–Kier alpha value is -0.0800. The molecule has 0 aromatic carbocycles. The Balaban J connectivity index is 3.65. The molecule has 0 bridgehead atoms. The summed E-state index contributed by atoms with van der Waals surface area (Å²) in [5, 5.41) is 0. The lowest BCUT2D eigenvalue weighted by molar-refractivity contribution is -0.00926. The minimum absolute atomic E-state index is 0.237. The molecule has 2 N–H and O–H groups in total. The molecule has 4 unspecified atom stereocenters. The third-order valence-corrected chi connectivity index (χ3v) is 2.60. The second-order valence-electron chi connectivity index (χ2n) is 4.72. The van der Waals surface area contributed by atoms with Crippen molar-refractivity contribution >= 4 is 0 Å². The molecule has 0 aliphatic carbocycles. The SMILES string of the molecule is CCC(C)CC(C)OC(C)CC(C)N. The van der Waals surface area contributed by atoms with Crippen molar-refractivity contribution in [2.24, 2.45) is 11.7 Å². The van der Waals surface area contributed by atoms with E-state index in [0.717, 1.165) is 18.8 Å². The predicted molar refractivity (Wildman–Crippen MR) is 62.3 cm³/mol. The molecule has 0 heterocycles. The fourth-order valence-corrected chi connectivity index (χ4v) is 1.76. The van der Waals surface area contributed by atoms with Crippen molar-refractivity contribution in [3.05, 3.63) is 0 Å². The third-order valence-electron chi connectivity index (χ3n) is 2.60. The van der Waals surface area contributed by atoms with E-state index in [2.05, 4.69) is 27.7 Å². The summed E-state index contributed by atoms with van der Waals surface area (Å²) in [6, 6.07) is 0.237. The van der Waals surface area contributed by atoms with Crippen LogP contribution < -0.4 is 5.73 Å². The molecule has 0 radical (unpaired) electrons. The van der Waals surface area contributed by atoms with E-state index in [1.54, 1.807) is 0 Å². The van der Waals surface area contributed by atoms with Crippen LogP contribution >= 0.6 is 0 Å². The van der Waals surface area contributed by atoms with Gasteiger partial charge in [-0.1, -0.05) is 20.3 Å². The summed E-state index contributed by atoms with van der Waals surface area (Å²) in [7, 11) is 0. The van der Waals surface area contributed by atoms with Gasteiger partial charge in [0.2, 0.25) is 0 Å². The third kappa shape index (κ3) is 7.34. The number of hydrogen-bond acceptors (Lipinski definition) is 2. The van der Waals surface area contributed by atoms with Crippen LogP contribution in [0.4, 0.5) is 0 Å². The van der Waals surface area contributed by atoms with Crippen molar-refractivity contribution in [1.29, 1.82) is 0 Å². The highest BCUT2D eigenvalue weighted by Crippen LogP contribution is 2.14. The highest BCUT2D eigenvalue weighted by molar-refractivity contribution is 4.63. The smallest absolute Gasteiger partial charge is 0.0565 e. The molecule has 0 aliphatic rings. The van der Waals surface area contributed by atoms with E-state index in [0.29, 0.717) is 6.10 Å². The molecular weight excluding hydrogens is 174 g/mol. The molecule has 0 saturated carbocycles. The summed E-state index contributed by atoms with van der Waals surface area (Å²) in [6.07, 6.45) is 3.98. The van der Waals surface area contributed by atoms with E-state index >= 15 is 0 Å². The van der Waals surface area contributed by atoms with Gasteiger partial charge in [0.05, 0.1) is 12.2 Å². The Morgan fingerprint density at radius 2 is 1.50 bits per heavy atom. The van der Waals surface area contributed by atoms with Crippen molar-refractivity contribution in [1.82, 2.24) is 0 Å². The van der Waals surface area contributed by atoms with E-state index in [-0.39, 0.29) is 12.1 Å². The predicted octanol–water partition coefficient (Wildman–Crippen LogP) is 2.95. The maximum atomic E-state index is 5.85. The van der Waals surface area contributed by atoms with E-state index < -0.39 is 0 Å². The van der Waals surface area contributed by atoms with Crippen LogP contribution in [0, 0.1) is 5.92 Å². The Labute approximate surface area is 89.2 Å². The second kappa shape index (κ2) is 7.24. The first-order valence-corrected chi connectivity index (χ1v) is 5.86. The van der Waals surface area contributed by atoms with Crippen molar-refractivity contribution in [3.63, 3.8) is 0 Å². The summed E-state index contributed by atoms with van der Waals surface area (Å²) in [5.74, 6) is 0.757. The minimum Gasteiger partial charge on any atom is -0.375 e. The Bertz CT molecular complexity index is 136. The fraction of sp³-hybridized carbons (Fsp3) is 1.00. The summed E-state index contributed by atoms with van der Waals surface area (Å²) >= 11 is 0. The van der Waals surface area contributed by atoms with Gasteiger partial charge in [-0.15, -0.1) is 0 Å². The van der Waals surface area contributed by atoms with Gasteiger partial charge < -0.3 is 10.5 Å². The molecular formula is C12H27NO. The van der Waals surface area contributed by atoms with Crippen LogP contribution in [0.15, 0.2) is 0 Å². The molecule has 14 heavy (non-hydrogen) atoms. The molecule has 2 heteroatoms. The molecule has 0 saturated heterocycles. The number of hydrogen-bond donors (Lipinski definition) is 1. The first kappa shape index (κ1) is 13.9. The van der Waals surface area contributed by atoms with Crippen LogP contribution in [0.1, 0.15) is 53.9 Å². The largest absolute Gasteiger partial charge is 0.375 e. The Morgan fingerprint density at radius 3 is 1.93 bits per heavy atom. The average Bonchev–Trinajstić information content (AvgIpc) is 2.01. The maximum Gasteiger partial charge on any atom is 0.0565 e. The number of rotatable bonds is 7. The van der Waals surface area contributed by atoms with Gasteiger partial charge in [0, 0.05) is 6.04 Å². The average molecular weight is 201 g/mol. The molecule has 2 nitrogen and oxygen atoms in total. The molecule has 0 aliphatic heterocycles. The summed E-state index contributed by atoms with van der Waals surface area (Å²) in [6.45, 7) is 10.8. The first-order valence-electron chi connectivity index (χ1n) is 5.86. The van der Waals surface area contributed by atoms with E-state index in [1.807, 2.05) is 6.92 Å². The minimum atomic E-state index is 0.237. The lowest BCUT2D eigenvalue weighted by Gasteiger charge is -2.22. The normalized spacial score (nSPS) is 20.1. The van der Waals surface area contributed by atoms with Crippen molar-refractivity contribution in [3.8, 4) is 0 Å². The monoisotopic (exact) mass is 201 g/mol. The van der Waals surface area contributed by atoms with Gasteiger partial charge in [-0.25, -0.2) is 0 Å². The van der Waals surface area contributed by atoms with Crippen LogP contribution in [-0.4, -0.2) is 18.2 Å². The summed E-state index contributed by atoms with van der Waals surface area (Å²) in [4.78, 5) is 0. The van der Waals surface area contributed by atoms with Crippen molar-refractivity contribution in [2.75, 3.05) is 0 Å². The van der Waals surface area contributed by atoms with Crippen LogP contribution in [-0.2, 0) is 4.74 Å². The van der Waals surface area contributed by atoms with Gasteiger partial charge in [0.1, 0.15) is 0 Å². The van der Waals surface area contributed by atoms with Crippen LogP contribution in [0.2, 0.25) is 0 Å². The molecule has 0 aromatic rings. The van der Waals surface area contributed by atoms with Gasteiger partial charge in [-0.3, -0.25) is 0 Å². The standard InChI is InChI=1S/C12H27NO/c1-6-9(2)7-11(4)14-12(5)8-10(3)13/h9-12H,6-8,13H2,1-5H3. The van der Waals surface area contributed by atoms with Crippen LogP contribution in [0.25, 0.3) is 0 Å². The highest BCUT2D eigenvalue weighted by Gasteiger charge is 2.12. The van der Waals surface area contributed by atoms with Gasteiger partial charge >= 0.3 is 0 Å². The molecule has 0 spiro atoms. The molecule has 4 atom stereocenters. The first-order chi connectivity index (χ1) is 6.45. The zero-order chi connectivity index (χ0) is 11.1. The van der Waals surface area contributed by atoms with Gasteiger partial charge in [-0.05, 0) is 39.5 Å². The summed E-state index contributed by atoms with van der Waals surface area (Å²) < 4.78 is 5.85. The molecule has 0 aromatic heterocycles. The topological polar surface area (TPSA) is 35.2 Å². The second-order valence-corrected chi connectivity index (χ2v) is 4.72. The Morgan fingerprint density at radius 1 is 1.00 bits per heavy atom. The van der Waals surface area contributed by atoms with E-state index in [1.165, 1.54) is 6.42 Å². The van der Waals surface area contributed by atoms with E-state index in [9.17, 15) is 0 Å². The lowest BCUT2D eigenvalue weighted by Crippen LogP contribution is -2.26. The quantitative estimate of drug-likeness (QED) is 0.687. The summed E-state index contributed by atoms with van der Waals surface area (Å²) in [5.41, 5.74) is 5.72. The zero-order valence-corrected chi connectivity index (χ0v) is 10.4. The van der Waals surface area contributed by atoms with Gasteiger partial charge in [0.25, 0.3) is 0 Å². The lowest BCUT2D eigenvalue weighted by atomic mass is 10.0.